The van der Waals surface area contributed by atoms with Crippen molar-refractivity contribution >= 4 is 40.9 Å². The Bertz CT molecular complexity index is 1260. The minimum atomic E-state index is -0.618. The van der Waals surface area contributed by atoms with E-state index in [2.05, 4.69) is 15.3 Å². The lowest BCUT2D eigenvalue weighted by molar-refractivity contribution is 0.0183. The van der Waals surface area contributed by atoms with Crippen LogP contribution in [0.2, 0.25) is 10.2 Å². The minimum Gasteiger partial charge on any atom is -0.444 e. The van der Waals surface area contributed by atoms with E-state index in [4.69, 9.17) is 32.7 Å². The number of nitrogens with zero attached hydrogens (tertiary/aromatic N) is 3. The van der Waals surface area contributed by atoms with Gasteiger partial charge in [0.1, 0.15) is 16.4 Å². The van der Waals surface area contributed by atoms with Gasteiger partial charge in [0.05, 0.1) is 18.2 Å². The molecule has 3 rings (SSSR count). The Morgan fingerprint density at radius 2 is 1.81 bits per heavy atom. The molecule has 0 fully saturated rings. The topological polar surface area (TPSA) is 93.6 Å². The highest BCUT2D eigenvalue weighted by molar-refractivity contribution is 6.43. The van der Waals surface area contributed by atoms with Gasteiger partial charge in [-0.25, -0.2) is 9.78 Å². The number of anilines is 1. The van der Waals surface area contributed by atoms with Crippen LogP contribution in [0, 0.1) is 6.92 Å². The Morgan fingerprint density at radius 1 is 1.05 bits per heavy atom. The largest absolute Gasteiger partial charge is 0.444 e. The predicted octanol–water partition coefficient (Wildman–Crippen LogP) is 6.39. The molecular weight excluding hydrogens is 515 g/mol. The van der Waals surface area contributed by atoms with Crippen LogP contribution in [0.15, 0.2) is 48.8 Å². The zero-order valence-corrected chi connectivity index (χ0v) is 23.0. The third-order valence-electron chi connectivity index (χ3n) is 5.37. The van der Waals surface area contributed by atoms with Crippen molar-refractivity contribution in [2.75, 3.05) is 25.6 Å². The fourth-order valence-corrected chi connectivity index (χ4v) is 3.88. The lowest BCUT2D eigenvalue weighted by Gasteiger charge is -2.27. The molecule has 10 heteroatoms. The summed E-state index contributed by atoms with van der Waals surface area (Å²) in [5.74, 6) is -0.367. The molecular formula is C27H30Cl2N4O4. The van der Waals surface area contributed by atoms with Crippen LogP contribution in [0.4, 0.5) is 10.5 Å². The van der Waals surface area contributed by atoms with Crippen molar-refractivity contribution in [2.45, 2.75) is 39.8 Å². The summed E-state index contributed by atoms with van der Waals surface area (Å²) in [6.45, 7) is 8.31. The van der Waals surface area contributed by atoms with E-state index in [0.29, 0.717) is 23.9 Å². The van der Waals surface area contributed by atoms with Crippen molar-refractivity contribution < 1.29 is 19.1 Å². The molecule has 0 aliphatic heterocycles. The molecule has 8 nitrogen and oxygen atoms in total. The molecule has 0 saturated heterocycles. The van der Waals surface area contributed by atoms with Gasteiger partial charge in [-0.1, -0.05) is 41.4 Å². The van der Waals surface area contributed by atoms with Gasteiger partial charge >= 0.3 is 6.09 Å². The summed E-state index contributed by atoms with van der Waals surface area (Å²) in [5.41, 5.74) is 3.36. The Hall–Kier alpha value is -3.20. The van der Waals surface area contributed by atoms with E-state index in [1.54, 1.807) is 43.8 Å². The molecule has 2 heterocycles. The first kappa shape index (κ1) is 28.4. The van der Waals surface area contributed by atoms with E-state index in [0.717, 1.165) is 22.3 Å². The molecule has 2 amide bonds. The summed E-state index contributed by atoms with van der Waals surface area (Å²) in [6.07, 6.45) is 2.71. The first-order valence-electron chi connectivity index (χ1n) is 11.6. The highest BCUT2D eigenvalue weighted by Crippen LogP contribution is 2.36. The van der Waals surface area contributed by atoms with Crippen molar-refractivity contribution in [3.63, 3.8) is 0 Å². The van der Waals surface area contributed by atoms with Crippen molar-refractivity contribution in [1.29, 1.82) is 0 Å². The normalized spacial score (nSPS) is 11.2. The summed E-state index contributed by atoms with van der Waals surface area (Å²) in [6, 6.07) is 10.7. The Kier molecular flexibility index (Phi) is 9.48. The van der Waals surface area contributed by atoms with Crippen LogP contribution >= 0.6 is 23.2 Å². The smallest absolute Gasteiger partial charge is 0.410 e. The van der Waals surface area contributed by atoms with Crippen LogP contribution in [-0.2, 0) is 16.0 Å². The van der Waals surface area contributed by atoms with Gasteiger partial charge in [-0.05, 0) is 62.6 Å². The fourth-order valence-electron chi connectivity index (χ4n) is 3.51. The second-order valence-corrected chi connectivity index (χ2v) is 10.1. The van der Waals surface area contributed by atoms with Crippen LogP contribution in [0.5, 0.6) is 0 Å². The number of benzene rings is 1. The van der Waals surface area contributed by atoms with E-state index in [9.17, 15) is 9.59 Å². The van der Waals surface area contributed by atoms with Gasteiger partial charge in [0.25, 0.3) is 5.91 Å². The molecule has 0 unspecified atom stereocenters. The second kappa shape index (κ2) is 12.4. The fraction of sp³-hybridized carbons (Fsp3) is 0.333. The van der Waals surface area contributed by atoms with E-state index < -0.39 is 11.7 Å². The van der Waals surface area contributed by atoms with E-state index >= 15 is 0 Å². The zero-order chi connectivity index (χ0) is 27.2. The summed E-state index contributed by atoms with van der Waals surface area (Å²) in [7, 11) is 1.57. The number of hydrogen-bond acceptors (Lipinski definition) is 6. The van der Waals surface area contributed by atoms with Gasteiger partial charge < -0.3 is 19.7 Å². The number of amides is 2. The van der Waals surface area contributed by atoms with Gasteiger partial charge in [0.15, 0.2) is 0 Å². The number of nitrogens with one attached hydrogen (secondary N) is 1. The third kappa shape index (κ3) is 7.64. The highest BCUT2D eigenvalue weighted by Gasteiger charge is 2.22. The SMILES string of the molecule is COCCN(Cc1ccc(C(=O)Nc2cccc(-c3ccnc(Cl)c3Cl)c2C)nc1)C(=O)OC(C)(C)C. The minimum absolute atomic E-state index is 0.213. The maximum atomic E-state index is 12.9. The van der Waals surface area contributed by atoms with E-state index in [-0.39, 0.29) is 23.3 Å². The second-order valence-electron chi connectivity index (χ2n) is 9.34. The molecule has 0 saturated carbocycles. The number of carbonyl (C=O) groups excluding carboxylic acids is 2. The van der Waals surface area contributed by atoms with Gasteiger partial charge in [-0.3, -0.25) is 9.78 Å². The molecule has 2 aromatic heterocycles. The number of hydrogen-bond donors (Lipinski definition) is 1. The molecule has 3 aromatic rings. The Morgan fingerprint density at radius 3 is 2.46 bits per heavy atom. The summed E-state index contributed by atoms with van der Waals surface area (Å²) < 4.78 is 10.6. The maximum absolute atomic E-state index is 12.9. The molecule has 37 heavy (non-hydrogen) atoms. The summed E-state index contributed by atoms with van der Waals surface area (Å²) >= 11 is 12.4. The number of carbonyl (C=O) groups is 2. The number of pyridine rings is 2. The number of ether oxygens (including phenoxy) is 2. The molecule has 0 atom stereocenters. The lowest BCUT2D eigenvalue weighted by Crippen LogP contribution is -2.38. The van der Waals surface area contributed by atoms with E-state index in [1.165, 1.54) is 4.90 Å². The number of halogens is 2. The predicted molar refractivity (Wildman–Crippen MR) is 145 cm³/mol. The van der Waals surface area contributed by atoms with Crippen LogP contribution in [-0.4, -0.2) is 52.7 Å². The van der Waals surface area contributed by atoms with Gasteiger partial charge in [0.2, 0.25) is 0 Å². The maximum Gasteiger partial charge on any atom is 0.410 e. The molecule has 0 bridgehead atoms. The number of rotatable bonds is 8. The quantitative estimate of drug-likeness (QED) is 0.330. The monoisotopic (exact) mass is 544 g/mol. The first-order valence-corrected chi connectivity index (χ1v) is 12.4. The van der Waals surface area contributed by atoms with Crippen LogP contribution in [0.25, 0.3) is 11.1 Å². The molecule has 1 aromatic carbocycles. The molecule has 0 aliphatic rings. The molecule has 1 N–H and O–H groups in total. The Balaban J connectivity index is 1.74. The zero-order valence-electron chi connectivity index (χ0n) is 21.5. The van der Waals surface area contributed by atoms with Crippen molar-refractivity contribution in [1.82, 2.24) is 14.9 Å². The summed E-state index contributed by atoms with van der Waals surface area (Å²) in [4.78, 5) is 35.4. The number of methoxy groups -OCH3 is 1. The molecule has 0 aliphatic carbocycles. The first-order chi connectivity index (χ1) is 17.5. The standard InChI is InChI=1S/C27H30Cl2N4O4/c1-17-19(20-11-12-30-24(29)23(20)28)7-6-8-21(17)32-25(34)22-10-9-18(15-31-22)16-33(13-14-36-5)26(35)37-27(2,3)4/h6-12,15H,13-14,16H2,1-5H3,(H,32,34). The summed E-state index contributed by atoms with van der Waals surface area (Å²) in [5, 5.41) is 3.47. The van der Waals surface area contributed by atoms with Crippen molar-refractivity contribution in [2.24, 2.45) is 0 Å². The Labute approximate surface area is 226 Å². The number of aromatic nitrogens is 2. The highest BCUT2D eigenvalue weighted by atomic mass is 35.5. The molecule has 0 radical (unpaired) electrons. The van der Waals surface area contributed by atoms with Crippen LogP contribution < -0.4 is 5.32 Å². The van der Waals surface area contributed by atoms with E-state index in [1.807, 2.05) is 39.8 Å². The molecule has 196 valence electrons. The van der Waals surface area contributed by atoms with Gasteiger partial charge in [0, 0.05) is 37.3 Å². The van der Waals surface area contributed by atoms with Gasteiger partial charge in [-0.15, -0.1) is 0 Å². The van der Waals surface area contributed by atoms with Crippen LogP contribution in [0.3, 0.4) is 0 Å². The molecule has 0 spiro atoms. The third-order valence-corrected chi connectivity index (χ3v) is 6.13. The van der Waals surface area contributed by atoms with Crippen molar-refractivity contribution in [3.05, 3.63) is 75.8 Å². The van der Waals surface area contributed by atoms with Gasteiger partial charge in [-0.2, -0.15) is 0 Å². The lowest BCUT2D eigenvalue weighted by atomic mass is 10.00. The van der Waals surface area contributed by atoms with Crippen molar-refractivity contribution in [3.8, 4) is 11.1 Å². The van der Waals surface area contributed by atoms with Crippen LogP contribution in [0.1, 0.15) is 42.4 Å². The average Bonchev–Trinajstić information content (AvgIpc) is 2.84. The average molecular weight is 545 g/mol.